The van der Waals surface area contributed by atoms with E-state index in [2.05, 4.69) is 26.5 Å². The Labute approximate surface area is 121 Å². The first-order valence-electron chi connectivity index (χ1n) is 6.43. The molecule has 1 unspecified atom stereocenters. The molecule has 1 aliphatic heterocycles. The zero-order chi connectivity index (χ0) is 13.5. The molecule has 1 saturated heterocycles. The van der Waals surface area contributed by atoms with Gasteiger partial charge in [-0.15, -0.1) is 0 Å². The fraction of sp³-hybridized carbons (Fsp3) is 0.429. The molecule has 0 aliphatic carbocycles. The second kappa shape index (κ2) is 7.40. The molecule has 0 spiro atoms. The minimum absolute atomic E-state index is 0.0508. The number of rotatable bonds is 4. The molecule has 1 amide bonds. The number of ether oxygens (including phenoxy) is 1. The summed E-state index contributed by atoms with van der Waals surface area (Å²) in [5, 5.41) is 3.95. The van der Waals surface area contributed by atoms with E-state index in [4.69, 9.17) is 4.74 Å². The minimum atomic E-state index is -0.0989. The van der Waals surface area contributed by atoms with Crippen molar-refractivity contribution in [3.05, 3.63) is 34.3 Å². The zero-order valence-electron chi connectivity index (χ0n) is 10.6. The molecule has 1 aliphatic rings. The smallest absolute Gasteiger partial charge is 0.242 e. The molecule has 1 fully saturated rings. The Morgan fingerprint density at radius 3 is 3.16 bits per heavy atom. The van der Waals surface area contributed by atoms with Gasteiger partial charge >= 0.3 is 0 Å². The van der Waals surface area contributed by atoms with Crippen LogP contribution < -0.4 is 5.43 Å². The van der Waals surface area contributed by atoms with Crippen LogP contribution in [0, 0.1) is 0 Å². The third kappa shape index (κ3) is 5.12. The third-order valence-corrected chi connectivity index (χ3v) is 3.43. The van der Waals surface area contributed by atoms with Crippen molar-refractivity contribution >= 4 is 28.1 Å². The number of amides is 1. The van der Waals surface area contributed by atoms with Crippen molar-refractivity contribution in [2.75, 3.05) is 6.61 Å². The molecule has 0 bridgehead atoms. The summed E-state index contributed by atoms with van der Waals surface area (Å²) in [6.45, 7) is 0.763. The lowest BCUT2D eigenvalue weighted by molar-refractivity contribution is -0.124. The minimum Gasteiger partial charge on any atom is -0.378 e. The lowest BCUT2D eigenvalue weighted by atomic mass is 10.1. The molecule has 1 heterocycles. The first-order valence-corrected chi connectivity index (χ1v) is 7.22. The second-order valence-corrected chi connectivity index (χ2v) is 5.46. The first-order chi connectivity index (χ1) is 9.24. The number of carbonyl (C=O) groups excluding carboxylic acids is 1. The average molecular weight is 325 g/mol. The summed E-state index contributed by atoms with van der Waals surface area (Å²) >= 11 is 3.38. The van der Waals surface area contributed by atoms with Crippen LogP contribution in [0.4, 0.5) is 0 Å². The van der Waals surface area contributed by atoms with Crippen molar-refractivity contribution in [3.63, 3.8) is 0 Å². The van der Waals surface area contributed by atoms with Gasteiger partial charge in [0.15, 0.2) is 0 Å². The molecule has 0 radical (unpaired) electrons. The molecule has 1 N–H and O–H groups in total. The molecule has 0 aromatic heterocycles. The average Bonchev–Trinajstić information content (AvgIpc) is 2.40. The van der Waals surface area contributed by atoms with Crippen LogP contribution in [0.5, 0.6) is 0 Å². The van der Waals surface area contributed by atoms with Crippen LogP contribution in [0.15, 0.2) is 33.8 Å². The number of halogens is 1. The number of nitrogens with zero attached hydrogens (tertiary/aromatic N) is 1. The van der Waals surface area contributed by atoms with Crippen molar-refractivity contribution in [3.8, 4) is 0 Å². The molecule has 102 valence electrons. The van der Waals surface area contributed by atoms with Gasteiger partial charge in [0, 0.05) is 11.1 Å². The van der Waals surface area contributed by atoms with E-state index < -0.39 is 0 Å². The molecule has 4 nitrogen and oxygen atoms in total. The molecule has 0 saturated carbocycles. The Bertz CT molecular complexity index is 457. The summed E-state index contributed by atoms with van der Waals surface area (Å²) < 4.78 is 6.49. The highest BCUT2D eigenvalue weighted by molar-refractivity contribution is 9.10. The van der Waals surface area contributed by atoms with Crippen molar-refractivity contribution in [2.45, 2.75) is 31.8 Å². The van der Waals surface area contributed by atoms with Gasteiger partial charge in [0.1, 0.15) is 0 Å². The van der Waals surface area contributed by atoms with Crippen molar-refractivity contribution in [2.24, 2.45) is 5.10 Å². The summed E-state index contributed by atoms with van der Waals surface area (Å²) in [5.74, 6) is -0.0989. The highest BCUT2D eigenvalue weighted by atomic mass is 79.9. The molecule has 19 heavy (non-hydrogen) atoms. The molecule has 5 heteroatoms. The van der Waals surface area contributed by atoms with E-state index in [0.29, 0.717) is 6.42 Å². The number of hydrazone groups is 1. The van der Waals surface area contributed by atoms with Crippen LogP contribution in [-0.4, -0.2) is 24.8 Å². The topological polar surface area (TPSA) is 50.7 Å². The van der Waals surface area contributed by atoms with Gasteiger partial charge in [-0.05, 0) is 37.0 Å². The van der Waals surface area contributed by atoms with Gasteiger partial charge in [0.25, 0.3) is 0 Å². The SMILES string of the molecule is O=C(CC1CCCCO1)N/N=C\c1cccc(Br)c1. The maximum atomic E-state index is 11.7. The fourth-order valence-corrected chi connectivity index (χ4v) is 2.40. The van der Waals surface area contributed by atoms with E-state index in [9.17, 15) is 4.79 Å². The number of benzene rings is 1. The van der Waals surface area contributed by atoms with E-state index in [1.54, 1.807) is 6.21 Å². The van der Waals surface area contributed by atoms with Gasteiger partial charge in [-0.1, -0.05) is 28.1 Å². The third-order valence-electron chi connectivity index (χ3n) is 2.94. The monoisotopic (exact) mass is 324 g/mol. The second-order valence-electron chi connectivity index (χ2n) is 4.54. The quantitative estimate of drug-likeness (QED) is 0.684. The Morgan fingerprint density at radius 2 is 2.42 bits per heavy atom. The van der Waals surface area contributed by atoms with Gasteiger partial charge in [0.05, 0.1) is 18.7 Å². The number of nitrogens with one attached hydrogen (secondary N) is 1. The van der Waals surface area contributed by atoms with Gasteiger partial charge in [-0.25, -0.2) is 5.43 Å². The van der Waals surface area contributed by atoms with Gasteiger partial charge in [0.2, 0.25) is 5.91 Å². The molecule has 1 atom stereocenters. The summed E-state index contributed by atoms with van der Waals surface area (Å²) in [5.41, 5.74) is 3.47. The van der Waals surface area contributed by atoms with Gasteiger partial charge in [-0.3, -0.25) is 4.79 Å². The summed E-state index contributed by atoms with van der Waals surface area (Å²) in [4.78, 5) is 11.7. The van der Waals surface area contributed by atoms with E-state index in [-0.39, 0.29) is 12.0 Å². The normalized spacial score (nSPS) is 19.5. The number of carbonyl (C=O) groups is 1. The summed E-state index contributed by atoms with van der Waals surface area (Å²) in [7, 11) is 0. The highest BCUT2D eigenvalue weighted by Gasteiger charge is 2.17. The van der Waals surface area contributed by atoms with E-state index in [1.807, 2.05) is 24.3 Å². The fourth-order valence-electron chi connectivity index (χ4n) is 1.99. The molecule has 1 aromatic rings. The molecular formula is C14H17BrN2O2. The Kier molecular flexibility index (Phi) is 5.54. The standard InChI is InChI=1S/C14H17BrN2O2/c15-12-5-3-4-11(8-12)10-16-17-14(18)9-13-6-1-2-7-19-13/h3-5,8,10,13H,1-2,6-7,9H2,(H,17,18)/b16-10-. The lowest BCUT2D eigenvalue weighted by Gasteiger charge is -2.21. The van der Waals surface area contributed by atoms with Crippen LogP contribution in [0.2, 0.25) is 0 Å². The van der Waals surface area contributed by atoms with Crippen molar-refractivity contribution in [1.29, 1.82) is 0 Å². The Morgan fingerprint density at radius 1 is 1.53 bits per heavy atom. The van der Waals surface area contributed by atoms with E-state index in [0.717, 1.165) is 35.9 Å². The number of hydrogen-bond donors (Lipinski definition) is 1. The molecule has 2 rings (SSSR count). The molecule has 1 aromatic carbocycles. The summed E-state index contributed by atoms with van der Waals surface area (Å²) in [6.07, 6.45) is 5.26. The maximum absolute atomic E-state index is 11.7. The van der Waals surface area contributed by atoms with E-state index in [1.165, 1.54) is 0 Å². The van der Waals surface area contributed by atoms with Crippen LogP contribution >= 0.6 is 15.9 Å². The predicted octanol–water partition coefficient (Wildman–Crippen LogP) is 2.86. The number of hydrogen-bond acceptors (Lipinski definition) is 3. The van der Waals surface area contributed by atoms with Crippen LogP contribution in [-0.2, 0) is 9.53 Å². The first kappa shape index (κ1) is 14.2. The molecular weight excluding hydrogens is 308 g/mol. The van der Waals surface area contributed by atoms with Gasteiger partial charge < -0.3 is 4.74 Å². The summed E-state index contributed by atoms with van der Waals surface area (Å²) in [6, 6.07) is 7.71. The maximum Gasteiger partial charge on any atom is 0.242 e. The van der Waals surface area contributed by atoms with Gasteiger partial charge in [-0.2, -0.15) is 5.10 Å². The van der Waals surface area contributed by atoms with Crippen molar-refractivity contribution in [1.82, 2.24) is 5.43 Å². The van der Waals surface area contributed by atoms with Crippen LogP contribution in [0.3, 0.4) is 0 Å². The predicted molar refractivity (Wildman–Crippen MR) is 78.1 cm³/mol. The lowest BCUT2D eigenvalue weighted by Crippen LogP contribution is -2.27. The van der Waals surface area contributed by atoms with Crippen molar-refractivity contribution < 1.29 is 9.53 Å². The largest absolute Gasteiger partial charge is 0.378 e. The van der Waals surface area contributed by atoms with Crippen LogP contribution in [0.1, 0.15) is 31.2 Å². The zero-order valence-corrected chi connectivity index (χ0v) is 12.2. The Balaban J connectivity index is 1.76. The Hall–Kier alpha value is -1.20. The van der Waals surface area contributed by atoms with E-state index >= 15 is 0 Å². The van der Waals surface area contributed by atoms with Crippen LogP contribution in [0.25, 0.3) is 0 Å². The highest BCUT2D eigenvalue weighted by Crippen LogP contribution is 2.15.